The zero-order valence-electron chi connectivity index (χ0n) is 9.91. The highest BCUT2D eigenvalue weighted by atomic mass is 79.9. The molecule has 1 atom stereocenters. The second-order valence-corrected chi connectivity index (χ2v) is 5.89. The standard InChI is InChI=1S/C12H14BrClN2O2/c1-16-5-4-12(7-16,11(17)18)15-8-2-3-10(14)9(13)6-8/h2-3,6,15H,4-5,7H2,1H3,(H,17,18). The molecule has 0 saturated carbocycles. The molecule has 1 aliphatic rings. The minimum Gasteiger partial charge on any atom is -0.479 e. The van der Waals surface area contributed by atoms with E-state index in [2.05, 4.69) is 21.2 Å². The summed E-state index contributed by atoms with van der Waals surface area (Å²) in [4.78, 5) is 13.5. The number of carboxylic acids is 1. The van der Waals surface area contributed by atoms with Crippen LogP contribution in [0.4, 0.5) is 5.69 Å². The molecule has 1 unspecified atom stereocenters. The van der Waals surface area contributed by atoms with Gasteiger partial charge in [-0.15, -0.1) is 0 Å². The van der Waals surface area contributed by atoms with E-state index in [1.54, 1.807) is 18.2 Å². The number of halogens is 2. The molecule has 1 fully saturated rings. The molecule has 0 amide bonds. The second-order valence-electron chi connectivity index (χ2n) is 4.63. The van der Waals surface area contributed by atoms with Gasteiger partial charge in [0.1, 0.15) is 5.54 Å². The van der Waals surface area contributed by atoms with E-state index in [-0.39, 0.29) is 0 Å². The normalized spacial score (nSPS) is 24.2. The van der Waals surface area contributed by atoms with Crippen molar-refractivity contribution < 1.29 is 9.90 Å². The highest BCUT2D eigenvalue weighted by Gasteiger charge is 2.43. The van der Waals surface area contributed by atoms with Crippen molar-refractivity contribution in [2.75, 3.05) is 25.5 Å². The maximum Gasteiger partial charge on any atom is 0.330 e. The third-order valence-electron chi connectivity index (χ3n) is 3.17. The van der Waals surface area contributed by atoms with Crippen LogP contribution in [-0.2, 0) is 4.79 Å². The van der Waals surface area contributed by atoms with Gasteiger partial charge in [-0.05, 0) is 47.6 Å². The number of carboxylic acid groups (broad SMARTS) is 1. The summed E-state index contributed by atoms with van der Waals surface area (Å²) in [5.74, 6) is -0.821. The van der Waals surface area contributed by atoms with Crippen molar-refractivity contribution in [3.63, 3.8) is 0 Å². The maximum atomic E-state index is 11.5. The van der Waals surface area contributed by atoms with Crippen molar-refractivity contribution in [2.45, 2.75) is 12.0 Å². The average Bonchev–Trinajstić information content (AvgIpc) is 2.67. The van der Waals surface area contributed by atoms with E-state index in [1.807, 2.05) is 11.9 Å². The molecule has 1 aromatic rings. The Balaban J connectivity index is 2.24. The Hall–Kier alpha value is -0.780. The molecule has 1 aliphatic heterocycles. The summed E-state index contributed by atoms with van der Waals surface area (Å²) in [5, 5.41) is 13.2. The van der Waals surface area contributed by atoms with Crippen LogP contribution in [-0.4, -0.2) is 41.7 Å². The first-order valence-electron chi connectivity index (χ1n) is 5.58. The molecule has 1 heterocycles. The lowest BCUT2D eigenvalue weighted by molar-refractivity contribution is -0.141. The molecule has 18 heavy (non-hydrogen) atoms. The van der Waals surface area contributed by atoms with Gasteiger partial charge in [-0.1, -0.05) is 11.6 Å². The van der Waals surface area contributed by atoms with Crippen LogP contribution in [0.1, 0.15) is 6.42 Å². The molecule has 1 saturated heterocycles. The zero-order chi connectivity index (χ0) is 13.3. The van der Waals surface area contributed by atoms with E-state index in [1.165, 1.54) is 0 Å². The van der Waals surface area contributed by atoms with Crippen molar-refractivity contribution in [3.8, 4) is 0 Å². The van der Waals surface area contributed by atoms with Crippen LogP contribution in [0.2, 0.25) is 5.02 Å². The summed E-state index contributed by atoms with van der Waals surface area (Å²) in [5.41, 5.74) is -0.161. The van der Waals surface area contributed by atoms with Gasteiger partial charge in [0.2, 0.25) is 0 Å². The molecule has 2 N–H and O–H groups in total. The number of hydrogen-bond donors (Lipinski definition) is 2. The molecule has 0 spiro atoms. The molecule has 0 aliphatic carbocycles. The minimum atomic E-state index is -0.915. The molecule has 1 aromatic carbocycles. The van der Waals surface area contributed by atoms with Crippen LogP contribution >= 0.6 is 27.5 Å². The van der Waals surface area contributed by atoms with Crippen LogP contribution < -0.4 is 5.32 Å². The lowest BCUT2D eigenvalue weighted by Gasteiger charge is -2.27. The van der Waals surface area contributed by atoms with Crippen molar-refractivity contribution in [1.29, 1.82) is 0 Å². The van der Waals surface area contributed by atoms with E-state index in [9.17, 15) is 9.90 Å². The fourth-order valence-electron chi connectivity index (χ4n) is 2.18. The number of nitrogens with one attached hydrogen (secondary N) is 1. The highest BCUT2D eigenvalue weighted by molar-refractivity contribution is 9.10. The smallest absolute Gasteiger partial charge is 0.330 e. The molecule has 0 aromatic heterocycles. The van der Waals surface area contributed by atoms with Crippen LogP contribution in [0.3, 0.4) is 0 Å². The number of likely N-dealkylation sites (tertiary alicyclic amines) is 1. The molecule has 4 nitrogen and oxygen atoms in total. The van der Waals surface area contributed by atoms with Crippen LogP contribution in [0.25, 0.3) is 0 Å². The van der Waals surface area contributed by atoms with Crippen LogP contribution in [0, 0.1) is 0 Å². The van der Waals surface area contributed by atoms with E-state index >= 15 is 0 Å². The molecule has 0 bridgehead atoms. The predicted molar refractivity (Wildman–Crippen MR) is 75.3 cm³/mol. The number of benzene rings is 1. The fraction of sp³-hybridized carbons (Fsp3) is 0.417. The first-order chi connectivity index (χ1) is 8.43. The quantitative estimate of drug-likeness (QED) is 0.893. The van der Waals surface area contributed by atoms with E-state index < -0.39 is 11.5 Å². The van der Waals surface area contributed by atoms with Gasteiger partial charge in [0.15, 0.2) is 0 Å². The monoisotopic (exact) mass is 332 g/mol. The van der Waals surface area contributed by atoms with Gasteiger partial charge in [0.05, 0.1) is 5.02 Å². The molecule has 2 rings (SSSR count). The molecular weight excluding hydrogens is 320 g/mol. The Bertz CT molecular complexity index is 483. The van der Waals surface area contributed by atoms with Gasteiger partial charge in [0, 0.05) is 23.2 Å². The second kappa shape index (κ2) is 5.07. The SMILES string of the molecule is CN1CCC(Nc2ccc(Cl)c(Br)c2)(C(=O)O)C1. The lowest BCUT2D eigenvalue weighted by atomic mass is 9.98. The topological polar surface area (TPSA) is 52.6 Å². The molecular formula is C12H14BrClN2O2. The molecule has 0 radical (unpaired) electrons. The zero-order valence-corrected chi connectivity index (χ0v) is 12.3. The van der Waals surface area contributed by atoms with Gasteiger partial charge in [-0.25, -0.2) is 4.79 Å². The van der Waals surface area contributed by atoms with Gasteiger partial charge in [-0.3, -0.25) is 0 Å². The third-order valence-corrected chi connectivity index (χ3v) is 4.39. The first kappa shape index (κ1) is 13.6. The molecule has 6 heteroatoms. The van der Waals surface area contributed by atoms with E-state index in [0.29, 0.717) is 18.0 Å². The van der Waals surface area contributed by atoms with Crippen molar-refractivity contribution >= 4 is 39.2 Å². The highest BCUT2D eigenvalue weighted by Crippen LogP contribution is 2.30. The summed E-state index contributed by atoms with van der Waals surface area (Å²) in [7, 11) is 1.92. The largest absolute Gasteiger partial charge is 0.479 e. The van der Waals surface area contributed by atoms with Gasteiger partial charge < -0.3 is 15.3 Å². The number of carbonyl (C=O) groups is 1. The number of rotatable bonds is 3. The summed E-state index contributed by atoms with van der Waals surface area (Å²) < 4.78 is 0.751. The summed E-state index contributed by atoms with van der Waals surface area (Å²) in [6, 6.07) is 5.32. The van der Waals surface area contributed by atoms with Crippen LogP contribution in [0.15, 0.2) is 22.7 Å². The summed E-state index contributed by atoms with van der Waals surface area (Å²) in [6.07, 6.45) is 0.582. The number of likely N-dealkylation sites (N-methyl/N-ethyl adjacent to an activating group) is 1. The minimum absolute atomic E-state index is 0.489. The Morgan fingerprint density at radius 1 is 1.61 bits per heavy atom. The number of anilines is 1. The number of aliphatic carboxylic acids is 1. The Morgan fingerprint density at radius 3 is 2.83 bits per heavy atom. The summed E-state index contributed by atoms with van der Waals surface area (Å²) >= 11 is 9.25. The van der Waals surface area contributed by atoms with E-state index in [0.717, 1.165) is 16.7 Å². The Kier molecular flexibility index (Phi) is 3.84. The Labute approximate surface area is 119 Å². The van der Waals surface area contributed by atoms with Crippen molar-refractivity contribution in [1.82, 2.24) is 4.90 Å². The number of nitrogens with zero attached hydrogens (tertiary/aromatic N) is 1. The average molecular weight is 334 g/mol. The van der Waals surface area contributed by atoms with E-state index in [4.69, 9.17) is 11.6 Å². The van der Waals surface area contributed by atoms with Crippen molar-refractivity contribution in [2.24, 2.45) is 0 Å². The summed E-state index contributed by atoms with van der Waals surface area (Å²) in [6.45, 7) is 1.26. The van der Waals surface area contributed by atoms with Crippen molar-refractivity contribution in [3.05, 3.63) is 27.7 Å². The maximum absolute atomic E-state index is 11.5. The van der Waals surface area contributed by atoms with Gasteiger partial charge in [0.25, 0.3) is 0 Å². The van der Waals surface area contributed by atoms with Gasteiger partial charge >= 0.3 is 5.97 Å². The molecule has 98 valence electrons. The fourth-order valence-corrected chi connectivity index (χ4v) is 2.68. The van der Waals surface area contributed by atoms with Gasteiger partial charge in [-0.2, -0.15) is 0 Å². The number of hydrogen-bond acceptors (Lipinski definition) is 3. The van der Waals surface area contributed by atoms with Crippen LogP contribution in [0.5, 0.6) is 0 Å². The first-order valence-corrected chi connectivity index (χ1v) is 6.75. The third kappa shape index (κ3) is 2.63. The predicted octanol–water partition coefficient (Wildman–Crippen LogP) is 2.67. The Morgan fingerprint density at radius 2 is 2.33 bits per heavy atom. The lowest BCUT2D eigenvalue weighted by Crippen LogP contribution is -2.48.